The lowest BCUT2D eigenvalue weighted by Crippen LogP contribution is -2.42. The van der Waals surface area contributed by atoms with Crippen LogP contribution in [0.5, 0.6) is 5.75 Å². The number of pyridine rings is 1. The summed E-state index contributed by atoms with van der Waals surface area (Å²) in [6, 6.07) is 17.6. The van der Waals surface area contributed by atoms with Crippen molar-refractivity contribution < 1.29 is 9.53 Å². The molecule has 1 fully saturated rings. The van der Waals surface area contributed by atoms with E-state index in [1.165, 1.54) is 0 Å². The van der Waals surface area contributed by atoms with Gasteiger partial charge in [-0.05, 0) is 49.2 Å². The van der Waals surface area contributed by atoms with Crippen LogP contribution in [0.3, 0.4) is 0 Å². The Balaban J connectivity index is 0.00000150. The average Bonchev–Trinajstić information content (AvgIpc) is 2.73. The first kappa shape index (κ1) is 22.9. The summed E-state index contributed by atoms with van der Waals surface area (Å²) in [5.41, 5.74) is 9.25. The normalized spacial score (nSPS) is 14.1. The molecule has 2 heterocycles. The van der Waals surface area contributed by atoms with Crippen molar-refractivity contribution in [1.82, 2.24) is 9.88 Å². The molecule has 5 nitrogen and oxygen atoms in total. The fraction of sp³-hybridized carbons (Fsp3) is 0.273. The first-order valence-corrected chi connectivity index (χ1v) is 9.25. The second-order valence-corrected chi connectivity index (χ2v) is 6.93. The molecular weight excluding hydrogens is 409 g/mol. The Hall–Kier alpha value is -2.34. The molecule has 0 unspecified atom stereocenters. The second kappa shape index (κ2) is 9.92. The van der Waals surface area contributed by atoms with Crippen LogP contribution in [0.25, 0.3) is 22.2 Å². The van der Waals surface area contributed by atoms with Crippen LogP contribution in [-0.2, 0) is 0 Å². The summed E-state index contributed by atoms with van der Waals surface area (Å²) in [6.07, 6.45) is 1.69. The van der Waals surface area contributed by atoms with E-state index in [-0.39, 0.29) is 36.8 Å². The molecule has 0 bridgehead atoms. The molecule has 154 valence electrons. The molecule has 0 atom stereocenters. The Morgan fingerprint density at radius 1 is 1.07 bits per heavy atom. The number of para-hydroxylation sites is 1. The molecule has 29 heavy (non-hydrogen) atoms. The lowest BCUT2D eigenvalue weighted by molar-refractivity contribution is 0.0716. The number of methoxy groups -OCH3 is 1. The molecular formula is C22H25Cl2N3O2. The molecule has 1 aliphatic heterocycles. The standard InChI is InChI=1S/C22H23N3O2.2ClH/c1-27-17-8-6-15(7-9-17)21-14-19(18-4-2-3-5-20(18)24-21)22(26)25-12-10-16(23)11-13-25;;/h2-9,14,16H,10-13,23H2,1H3;2*1H. The zero-order chi connectivity index (χ0) is 18.8. The first-order valence-electron chi connectivity index (χ1n) is 9.25. The Bertz CT molecular complexity index is 971. The van der Waals surface area contributed by atoms with E-state index < -0.39 is 0 Å². The van der Waals surface area contributed by atoms with Crippen molar-refractivity contribution in [3.05, 3.63) is 60.2 Å². The molecule has 2 N–H and O–H groups in total. The highest BCUT2D eigenvalue weighted by atomic mass is 35.5. The highest BCUT2D eigenvalue weighted by Gasteiger charge is 2.24. The number of carbonyl (C=O) groups is 1. The van der Waals surface area contributed by atoms with E-state index in [1.807, 2.05) is 59.5 Å². The van der Waals surface area contributed by atoms with Gasteiger partial charge in [-0.2, -0.15) is 0 Å². The van der Waals surface area contributed by atoms with Crippen molar-refractivity contribution in [2.24, 2.45) is 5.73 Å². The molecule has 1 saturated heterocycles. The van der Waals surface area contributed by atoms with Gasteiger partial charge in [0.15, 0.2) is 0 Å². The minimum absolute atomic E-state index is 0. The van der Waals surface area contributed by atoms with Crippen molar-refractivity contribution in [2.75, 3.05) is 20.2 Å². The molecule has 2 aromatic carbocycles. The largest absolute Gasteiger partial charge is 0.497 e. The third-order valence-corrected chi connectivity index (χ3v) is 5.16. The van der Waals surface area contributed by atoms with Crippen molar-refractivity contribution in [3.8, 4) is 17.0 Å². The van der Waals surface area contributed by atoms with Gasteiger partial charge in [-0.1, -0.05) is 18.2 Å². The maximum Gasteiger partial charge on any atom is 0.254 e. The van der Waals surface area contributed by atoms with Gasteiger partial charge >= 0.3 is 0 Å². The minimum atomic E-state index is 0. The maximum atomic E-state index is 13.2. The van der Waals surface area contributed by atoms with Gasteiger partial charge in [-0.3, -0.25) is 4.79 Å². The van der Waals surface area contributed by atoms with Gasteiger partial charge < -0.3 is 15.4 Å². The topological polar surface area (TPSA) is 68.5 Å². The number of hydrogen-bond acceptors (Lipinski definition) is 4. The molecule has 3 aromatic rings. The summed E-state index contributed by atoms with van der Waals surface area (Å²) >= 11 is 0. The maximum absolute atomic E-state index is 13.2. The quantitative estimate of drug-likeness (QED) is 0.667. The molecule has 1 aromatic heterocycles. The van der Waals surface area contributed by atoms with E-state index in [1.54, 1.807) is 7.11 Å². The highest BCUT2D eigenvalue weighted by molar-refractivity contribution is 6.07. The summed E-state index contributed by atoms with van der Waals surface area (Å²) < 4.78 is 5.23. The lowest BCUT2D eigenvalue weighted by Gasteiger charge is -2.30. The van der Waals surface area contributed by atoms with Crippen molar-refractivity contribution in [1.29, 1.82) is 0 Å². The third-order valence-electron chi connectivity index (χ3n) is 5.16. The zero-order valence-corrected chi connectivity index (χ0v) is 17.8. The first-order chi connectivity index (χ1) is 13.2. The van der Waals surface area contributed by atoms with E-state index in [2.05, 4.69) is 0 Å². The number of carbonyl (C=O) groups excluding carboxylic acids is 1. The zero-order valence-electron chi connectivity index (χ0n) is 16.2. The van der Waals surface area contributed by atoms with Crippen molar-refractivity contribution >= 4 is 41.6 Å². The molecule has 1 aliphatic rings. The van der Waals surface area contributed by atoms with E-state index in [0.717, 1.165) is 40.8 Å². The highest BCUT2D eigenvalue weighted by Crippen LogP contribution is 2.27. The number of hydrogen-bond donors (Lipinski definition) is 1. The fourth-order valence-corrected chi connectivity index (χ4v) is 3.53. The summed E-state index contributed by atoms with van der Waals surface area (Å²) in [4.78, 5) is 19.9. The average molecular weight is 434 g/mol. The minimum Gasteiger partial charge on any atom is -0.497 e. The van der Waals surface area contributed by atoms with Crippen LogP contribution in [0.2, 0.25) is 0 Å². The number of ether oxygens (including phenoxy) is 1. The van der Waals surface area contributed by atoms with E-state index >= 15 is 0 Å². The monoisotopic (exact) mass is 433 g/mol. The van der Waals surface area contributed by atoms with Crippen LogP contribution in [0.4, 0.5) is 0 Å². The number of halogens is 2. The number of nitrogens with two attached hydrogens (primary N) is 1. The van der Waals surface area contributed by atoms with Gasteiger partial charge in [-0.15, -0.1) is 24.8 Å². The van der Waals surface area contributed by atoms with Crippen LogP contribution in [-0.4, -0.2) is 42.0 Å². The number of nitrogens with zero attached hydrogens (tertiary/aromatic N) is 2. The Morgan fingerprint density at radius 2 is 1.72 bits per heavy atom. The number of rotatable bonds is 3. The molecule has 0 spiro atoms. The fourth-order valence-electron chi connectivity index (χ4n) is 3.53. The Kier molecular flexibility index (Phi) is 7.85. The number of likely N-dealkylation sites (tertiary alicyclic amines) is 1. The van der Waals surface area contributed by atoms with Crippen LogP contribution in [0.1, 0.15) is 23.2 Å². The summed E-state index contributed by atoms with van der Waals surface area (Å²) in [5, 5.41) is 0.884. The predicted octanol–water partition coefficient (Wildman–Crippen LogP) is 4.32. The number of benzene rings is 2. The van der Waals surface area contributed by atoms with Gasteiger partial charge in [0, 0.05) is 30.1 Å². The van der Waals surface area contributed by atoms with Crippen molar-refractivity contribution in [2.45, 2.75) is 18.9 Å². The molecule has 0 radical (unpaired) electrons. The molecule has 0 aliphatic carbocycles. The van der Waals surface area contributed by atoms with E-state index in [9.17, 15) is 4.79 Å². The Labute approximate surface area is 183 Å². The third kappa shape index (κ3) is 4.81. The molecule has 0 saturated carbocycles. The Morgan fingerprint density at radius 3 is 2.38 bits per heavy atom. The van der Waals surface area contributed by atoms with E-state index in [0.29, 0.717) is 18.7 Å². The number of aromatic nitrogens is 1. The number of piperidine rings is 1. The van der Waals surface area contributed by atoms with Gasteiger partial charge in [0.2, 0.25) is 0 Å². The van der Waals surface area contributed by atoms with Gasteiger partial charge in [-0.25, -0.2) is 4.98 Å². The molecule has 4 rings (SSSR count). The predicted molar refractivity (Wildman–Crippen MR) is 121 cm³/mol. The summed E-state index contributed by atoms with van der Waals surface area (Å²) in [6.45, 7) is 1.41. The summed E-state index contributed by atoms with van der Waals surface area (Å²) in [7, 11) is 1.64. The van der Waals surface area contributed by atoms with Crippen LogP contribution < -0.4 is 10.5 Å². The SMILES string of the molecule is COc1ccc(-c2cc(C(=O)N3CCC(N)CC3)c3ccccc3n2)cc1.Cl.Cl. The summed E-state index contributed by atoms with van der Waals surface area (Å²) in [5.74, 6) is 0.843. The molecule has 1 amide bonds. The van der Waals surface area contributed by atoms with Crippen molar-refractivity contribution in [3.63, 3.8) is 0 Å². The smallest absolute Gasteiger partial charge is 0.254 e. The lowest BCUT2D eigenvalue weighted by atomic mass is 10.0. The van der Waals surface area contributed by atoms with Gasteiger partial charge in [0.25, 0.3) is 5.91 Å². The number of amides is 1. The van der Waals surface area contributed by atoms with Crippen LogP contribution in [0, 0.1) is 0 Å². The van der Waals surface area contributed by atoms with Gasteiger partial charge in [0.1, 0.15) is 5.75 Å². The van der Waals surface area contributed by atoms with Gasteiger partial charge in [0.05, 0.1) is 23.9 Å². The van der Waals surface area contributed by atoms with Crippen LogP contribution in [0.15, 0.2) is 54.6 Å². The molecule has 7 heteroatoms. The van der Waals surface area contributed by atoms with E-state index in [4.69, 9.17) is 15.5 Å². The van der Waals surface area contributed by atoms with Crippen LogP contribution >= 0.6 is 24.8 Å². The second-order valence-electron chi connectivity index (χ2n) is 6.93. The number of fused-ring (bicyclic) bond motifs is 1.